The lowest BCUT2D eigenvalue weighted by molar-refractivity contribution is -0.0774. The Morgan fingerprint density at radius 1 is 0.446 bits per heavy atom. The van der Waals surface area contributed by atoms with Gasteiger partial charge in [-0.05, 0) is 177 Å². The molecule has 0 aliphatic carbocycles. The van der Waals surface area contributed by atoms with E-state index in [0.717, 1.165) is 0 Å². The molecule has 6 atom stereocenters. The van der Waals surface area contributed by atoms with E-state index in [4.69, 9.17) is 28.4 Å². The summed E-state index contributed by atoms with van der Waals surface area (Å²) in [6.45, 7) is 41.3. The highest BCUT2D eigenvalue weighted by molar-refractivity contribution is 5.76. The van der Waals surface area contributed by atoms with Gasteiger partial charge in [0.05, 0.1) is 22.7 Å². The third-order valence-corrected chi connectivity index (χ3v) is 12.2. The zero-order valence-electron chi connectivity index (χ0n) is 50.6. The van der Waals surface area contributed by atoms with E-state index in [1.165, 1.54) is 4.90 Å². The molecule has 0 radical (unpaired) electrons. The summed E-state index contributed by atoms with van der Waals surface area (Å²) in [6, 6.07) is -1.12. The van der Waals surface area contributed by atoms with Gasteiger partial charge in [0.15, 0.2) is 0 Å². The molecule has 19 heteroatoms. The number of rotatable bonds is 24. The number of hydrogen-bond donors (Lipinski definition) is 6. The number of amides is 6. The molecule has 0 aromatic carbocycles. The van der Waals surface area contributed by atoms with Crippen molar-refractivity contribution in [1.82, 2.24) is 31.5 Å². The molecule has 0 saturated carbocycles. The summed E-state index contributed by atoms with van der Waals surface area (Å²) in [5.41, 5.74) is -13.1. The average molecular weight is 1060 g/mol. The fourth-order valence-electron chi connectivity index (χ4n) is 9.15. The molecule has 434 valence electrons. The predicted octanol–water partition coefficient (Wildman–Crippen LogP) is 12.1. The molecule has 6 unspecified atom stereocenters. The third kappa shape index (κ3) is 23.2. The van der Waals surface area contributed by atoms with Crippen molar-refractivity contribution in [2.45, 2.75) is 299 Å². The van der Waals surface area contributed by atoms with Gasteiger partial charge in [-0.25, -0.2) is 28.8 Å². The molecule has 0 rings (SSSR count). The quantitative estimate of drug-likeness (QED) is 0.0300. The minimum atomic E-state index is -1.94. The zero-order chi connectivity index (χ0) is 58.2. The van der Waals surface area contributed by atoms with Crippen molar-refractivity contribution in [3.63, 3.8) is 0 Å². The Morgan fingerprint density at radius 3 is 1.20 bits per heavy atom. The average Bonchev–Trinajstić information content (AvgIpc) is 3.16. The van der Waals surface area contributed by atoms with Crippen LogP contribution in [0.3, 0.4) is 0 Å². The van der Waals surface area contributed by atoms with E-state index >= 15 is 9.59 Å². The first-order valence-corrected chi connectivity index (χ1v) is 27.0. The number of nitrogens with zero attached hydrogens (tertiary/aromatic N) is 1. The number of carbonyl (C=O) groups is 6. The number of aliphatic hydroxyl groups excluding tert-OH is 1. The second-order valence-corrected chi connectivity index (χ2v) is 26.1. The minimum absolute atomic E-state index is 0.00289. The maximum Gasteiger partial charge on any atom is 0.412 e. The topological polar surface area (TPSA) is 241 Å². The van der Waals surface area contributed by atoms with Crippen LogP contribution in [0, 0.1) is 5.92 Å². The van der Waals surface area contributed by atoms with Gasteiger partial charge < -0.3 is 54.8 Å². The molecule has 0 bridgehead atoms. The Bertz CT molecular complexity index is 1810. The molecule has 74 heavy (non-hydrogen) atoms. The first-order valence-electron chi connectivity index (χ1n) is 27.0. The maximum atomic E-state index is 15.8. The number of alkyl carbamates (subject to hydrolysis) is 5. The molecule has 0 aromatic heterocycles. The first-order chi connectivity index (χ1) is 33.3. The summed E-state index contributed by atoms with van der Waals surface area (Å²) in [5, 5.41) is 25.6. The van der Waals surface area contributed by atoms with Crippen molar-refractivity contribution in [2.24, 2.45) is 5.92 Å². The van der Waals surface area contributed by atoms with Crippen LogP contribution < -0.4 is 26.6 Å². The number of nitrogens with one attached hydrogen (secondary N) is 5. The lowest BCUT2D eigenvalue weighted by Crippen LogP contribution is -2.82. The van der Waals surface area contributed by atoms with Crippen LogP contribution in [0.4, 0.5) is 28.8 Å². The highest BCUT2D eigenvalue weighted by atomic mass is 16.6. The monoisotopic (exact) mass is 1060 g/mol. The first kappa shape index (κ1) is 69.6. The van der Waals surface area contributed by atoms with Crippen molar-refractivity contribution in [2.75, 3.05) is 13.2 Å². The molecule has 0 fully saturated rings. The molecule has 0 saturated heterocycles. The van der Waals surface area contributed by atoms with E-state index in [1.54, 1.807) is 145 Å². The highest BCUT2D eigenvalue weighted by Crippen LogP contribution is 2.45. The summed E-state index contributed by atoms with van der Waals surface area (Å²) >= 11 is 0. The zero-order valence-corrected chi connectivity index (χ0v) is 50.6. The number of carbonyl (C=O) groups excluding carboxylic acids is 6. The smallest absolute Gasteiger partial charge is 0.412 e. The molecule has 19 nitrogen and oxygen atoms in total. The SMILES string of the molecule is CCCC(NC(=O)OC(C)(C)C)C(NC(=O)OC(C)(C)C)(C(CCCCCCO)CN(C(=O)OC(C)(C)C)C(CCC)(NC(=O)OC(C)(C)C)C(C)(CC)NC(=O)OC(C)(C)C)C(C)(CC)NC(=O)OC(C)(C)C. The second kappa shape index (κ2) is 27.6. The summed E-state index contributed by atoms with van der Waals surface area (Å²) in [6.07, 6.45) is -1.77. The number of ether oxygens (including phenoxy) is 6. The molecule has 0 aliphatic rings. The van der Waals surface area contributed by atoms with Crippen LogP contribution >= 0.6 is 0 Å². The summed E-state index contributed by atoms with van der Waals surface area (Å²) in [7, 11) is 0. The normalized spacial score (nSPS) is 16.7. The molecular formula is C55H106N6O13. The highest BCUT2D eigenvalue weighted by Gasteiger charge is 2.63. The van der Waals surface area contributed by atoms with Crippen LogP contribution in [0.15, 0.2) is 0 Å². The van der Waals surface area contributed by atoms with Crippen LogP contribution in [0.2, 0.25) is 0 Å². The molecule has 6 N–H and O–H groups in total. The lowest BCUT2D eigenvalue weighted by atomic mass is 9.61. The summed E-state index contributed by atoms with van der Waals surface area (Å²) in [5.74, 6) is -1.04. The van der Waals surface area contributed by atoms with Gasteiger partial charge in [0, 0.05) is 19.1 Å². The minimum Gasteiger partial charge on any atom is -0.444 e. The maximum absolute atomic E-state index is 15.8. The molecule has 0 aliphatic heterocycles. The van der Waals surface area contributed by atoms with Crippen LogP contribution in [0.5, 0.6) is 0 Å². The van der Waals surface area contributed by atoms with E-state index in [-0.39, 0.29) is 45.3 Å². The third-order valence-electron chi connectivity index (χ3n) is 12.2. The number of unbranched alkanes of at least 4 members (excludes halogenated alkanes) is 3. The Kier molecular flexibility index (Phi) is 25.9. The molecule has 0 spiro atoms. The van der Waals surface area contributed by atoms with Gasteiger partial charge in [-0.1, -0.05) is 59.8 Å². The van der Waals surface area contributed by atoms with E-state index in [1.807, 2.05) is 20.8 Å². The van der Waals surface area contributed by atoms with E-state index in [2.05, 4.69) is 26.6 Å². The van der Waals surface area contributed by atoms with Gasteiger partial charge in [-0.15, -0.1) is 0 Å². The van der Waals surface area contributed by atoms with Gasteiger partial charge in [0.25, 0.3) is 0 Å². The van der Waals surface area contributed by atoms with E-state index in [9.17, 15) is 24.3 Å². The Balaban J connectivity index is 9.99. The Labute approximate surface area is 446 Å². The van der Waals surface area contributed by atoms with Crippen molar-refractivity contribution >= 4 is 36.6 Å². The van der Waals surface area contributed by atoms with Crippen molar-refractivity contribution < 1.29 is 62.3 Å². The largest absolute Gasteiger partial charge is 0.444 e. The number of aliphatic hydroxyl groups is 1. The number of hydrogen-bond acceptors (Lipinski definition) is 13. The van der Waals surface area contributed by atoms with Crippen LogP contribution in [0.25, 0.3) is 0 Å². The summed E-state index contributed by atoms with van der Waals surface area (Å²) < 4.78 is 36.2. The van der Waals surface area contributed by atoms with E-state index in [0.29, 0.717) is 38.5 Å². The van der Waals surface area contributed by atoms with Crippen molar-refractivity contribution in [3.8, 4) is 0 Å². The standard InChI is InChI=1S/C55H106N6O13/c1-25-33-39(56-40(63)69-46(5,6)7)55(60-44(67)73-50(17,18)19,53(24,28-4)58-42(65)71-48(11,12)13)38(34-31-29-30-32-36-62)37-61(45(68)74-51(20,21)22)54(35-26-2,59-43(66)72-49(14,15)16)52(23,27-3)57-41(64)70-47(8,9)10/h38-39,62H,25-37H2,1-24H3,(H,56,63)(H,57,64)(H,58,65)(H,59,66)(H,60,67). The Hall–Kier alpha value is -4.42. The molecule has 6 amide bonds. The summed E-state index contributed by atoms with van der Waals surface area (Å²) in [4.78, 5) is 90.0. The van der Waals surface area contributed by atoms with Gasteiger partial charge in [0.2, 0.25) is 0 Å². The van der Waals surface area contributed by atoms with Crippen LogP contribution in [-0.4, -0.2) is 122 Å². The predicted molar refractivity (Wildman–Crippen MR) is 290 cm³/mol. The van der Waals surface area contributed by atoms with Crippen molar-refractivity contribution in [1.29, 1.82) is 0 Å². The Morgan fingerprint density at radius 2 is 0.824 bits per heavy atom. The van der Waals surface area contributed by atoms with Gasteiger partial charge in [-0.2, -0.15) is 0 Å². The van der Waals surface area contributed by atoms with Crippen LogP contribution in [0.1, 0.15) is 237 Å². The molecule has 0 aromatic rings. The lowest BCUT2D eigenvalue weighted by Gasteiger charge is -2.59. The van der Waals surface area contributed by atoms with Gasteiger partial charge in [-0.3, -0.25) is 10.2 Å². The van der Waals surface area contributed by atoms with Crippen molar-refractivity contribution in [3.05, 3.63) is 0 Å². The fourth-order valence-corrected chi connectivity index (χ4v) is 9.15. The molecule has 0 heterocycles. The van der Waals surface area contributed by atoms with E-state index < -0.39 is 104 Å². The van der Waals surface area contributed by atoms with Gasteiger partial charge >= 0.3 is 36.6 Å². The molecular weight excluding hydrogens is 953 g/mol. The van der Waals surface area contributed by atoms with Gasteiger partial charge in [0.1, 0.15) is 39.3 Å². The van der Waals surface area contributed by atoms with Crippen LogP contribution in [-0.2, 0) is 28.4 Å². The fraction of sp³-hybridized carbons (Fsp3) is 0.891. The second-order valence-electron chi connectivity index (χ2n) is 26.1.